The summed E-state index contributed by atoms with van der Waals surface area (Å²) in [5, 5.41) is 4.10. The highest BCUT2D eigenvalue weighted by atomic mass is 35.5. The van der Waals surface area contributed by atoms with Crippen LogP contribution in [0.25, 0.3) is 17.0 Å². The Labute approximate surface area is 239 Å². The van der Waals surface area contributed by atoms with Crippen LogP contribution in [0, 0.1) is 6.92 Å². The van der Waals surface area contributed by atoms with E-state index >= 15 is 0 Å². The van der Waals surface area contributed by atoms with E-state index in [-0.39, 0.29) is 4.91 Å². The molecular weight excluding hydrogens is 557 g/mol. The van der Waals surface area contributed by atoms with Crippen LogP contribution >= 0.6 is 35.0 Å². The molecule has 5 rings (SSSR count). The molecule has 1 aliphatic heterocycles. The molecule has 1 saturated heterocycles. The van der Waals surface area contributed by atoms with Gasteiger partial charge in [-0.1, -0.05) is 59.6 Å². The number of anilines is 1. The van der Waals surface area contributed by atoms with Gasteiger partial charge in [0.25, 0.3) is 11.1 Å². The summed E-state index contributed by atoms with van der Waals surface area (Å²) in [5.74, 6) is -0.572. The molecule has 1 aromatic heterocycles. The number of aromatic nitrogens is 1. The van der Waals surface area contributed by atoms with E-state index in [4.69, 9.17) is 27.9 Å². The minimum atomic E-state index is -0.521. The van der Waals surface area contributed by atoms with Crippen molar-refractivity contribution in [2.45, 2.75) is 13.5 Å². The fourth-order valence-corrected chi connectivity index (χ4v) is 5.77. The molecule has 2 heterocycles. The molecule has 0 saturated carbocycles. The van der Waals surface area contributed by atoms with Crippen molar-refractivity contribution in [1.29, 1.82) is 0 Å². The number of thioether (sulfide) groups is 1. The quantitative estimate of drug-likeness (QED) is 0.239. The van der Waals surface area contributed by atoms with E-state index in [1.54, 1.807) is 18.2 Å². The third kappa shape index (κ3) is 5.41. The Morgan fingerprint density at radius 1 is 1.03 bits per heavy atom. The average Bonchev–Trinajstić information content (AvgIpc) is 3.33. The van der Waals surface area contributed by atoms with E-state index in [9.17, 15) is 14.4 Å². The summed E-state index contributed by atoms with van der Waals surface area (Å²) in [7, 11) is 1.49. The minimum Gasteiger partial charge on any atom is -0.495 e. The second-order valence-electron chi connectivity index (χ2n) is 8.86. The van der Waals surface area contributed by atoms with Crippen LogP contribution in [0.4, 0.5) is 10.5 Å². The summed E-state index contributed by atoms with van der Waals surface area (Å²) < 4.78 is 7.25. The van der Waals surface area contributed by atoms with Crippen LogP contribution in [0.1, 0.15) is 16.8 Å². The standard InChI is InChI=1S/C29H23Cl2N3O4S/c1-17-21(20-8-4-6-10-24(20)33(17)15-18-7-3-5-9-22(18)30)14-26-28(36)34(29(37)39-26)16-27(35)32-19-11-12-25(38-2)23(31)13-19/h3-14H,15-16H2,1-2H3,(H,32,35)/b26-14-. The third-order valence-electron chi connectivity index (χ3n) is 6.45. The maximum Gasteiger partial charge on any atom is 0.294 e. The number of para-hydroxylation sites is 1. The number of hydrogen-bond acceptors (Lipinski definition) is 5. The first kappa shape index (κ1) is 26.9. The number of fused-ring (bicyclic) bond motifs is 1. The van der Waals surface area contributed by atoms with Gasteiger partial charge in [-0.15, -0.1) is 0 Å². The van der Waals surface area contributed by atoms with Crippen LogP contribution < -0.4 is 10.1 Å². The molecule has 39 heavy (non-hydrogen) atoms. The van der Waals surface area contributed by atoms with Gasteiger partial charge in [0, 0.05) is 39.4 Å². The lowest BCUT2D eigenvalue weighted by Gasteiger charge is -2.13. The van der Waals surface area contributed by atoms with Crippen LogP contribution in [0.2, 0.25) is 10.0 Å². The van der Waals surface area contributed by atoms with Crippen molar-refractivity contribution in [2.24, 2.45) is 0 Å². The monoisotopic (exact) mass is 579 g/mol. The number of imide groups is 1. The number of amides is 3. The zero-order valence-corrected chi connectivity index (χ0v) is 23.4. The summed E-state index contributed by atoms with van der Waals surface area (Å²) >= 11 is 13.4. The Balaban J connectivity index is 1.39. The predicted octanol–water partition coefficient (Wildman–Crippen LogP) is 6.99. The van der Waals surface area contributed by atoms with Gasteiger partial charge in [0.1, 0.15) is 12.3 Å². The van der Waals surface area contributed by atoms with Crippen molar-refractivity contribution in [3.63, 3.8) is 0 Å². The lowest BCUT2D eigenvalue weighted by molar-refractivity contribution is -0.127. The number of ether oxygens (including phenoxy) is 1. The summed E-state index contributed by atoms with van der Waals surface area (Å²) in [6.07, 6.45) is 1.73. The molecular formula is C29H23Cl2N3O4S. The first-order valence-electron chi connectivity index (χ1n) is 12.0. The maximum absolute atomic E-state index is 13.2. The number of carbonyl (C=O) groups excluding carboxylic acids is 3. The first-order valence-corrected chi connectivity index (χ1v) is 13.5. The summed E-state index contributed by atoms with van der Waals surface area (Å²) in [4.78, 5) is 39.8. The van der Waals surface area contributed by atoms with E-state index in [1.807, 2.05) is 55.5 Å². The SMILES string of the molecule is COc1ccc(NC(=O)CN2C(=O)S/C(=C\c3c(C)n(Cc4ccccc4Cl)c4ccccc34)C2=O)cc1Cl. The molecule has 7 nitrogen and oxygen atoms in total. The molecule has 0 atom stereocenters. The molecule has 0 bridgehead atoms. The molecule has 3 amide bonds. The van der Waals surface area contributed by atoms with Gasteiger partial charge in [0.05, 0.1) is 17.0 Å². The number of nitrogens with one attached hydrogen (secondary N) is 1. The van der Waals surface area contributed by atoms with Gasteiger partial charge in [-0.3, -0.25) is 19.3 Å². The summed E-state index contributed by atoms with van der Waals surface area (Å²) in [5.41, 5.74) is 4.14. The number of methoxy groups -OCH3 is 1. The van der Waals surface area contributed by atoms with Gasteiger partial charge in [0.2, 0.25) is 5.91 Å². The Bertz CT molecular complexity index is 1660. The van der Waals surface area contributed by atoms with Crippen LogP contribution in [0.15, 0.2) is 71.6 Å². The lowest BCUT2D eigenvalue weighted by atomic mass is 10.1. The number of nitrogens with zero attached hydrogens (tertiary/aromatic N) is 2. The van der Waals surface area contributed by atoms with Gasteiger partial charge < -0.3 is 14.6 Å². The zero-order chi connectivity index (χ0) is 27.7. The Morgan fingerprint density at radius 3 is 2.51 bits per heavy atom. The normalized spacial score (nSPS) is 14.5. The Morgan fingerprint density at radius 2 is 1.77 bits per heavy atom. The maximum atomic E-state index is 13.2. The lowest BCUT2D eigenvalue weighted by Crippen LogP contribution is -2.36. The van der Waals surface area contributed by atoms with Crippen molar-refractivity contribution in [3.8, 4) is 5.75 Å². The predicted molar refractivity (Wildman–Crippen MR) is 157 cm³/mol. The molecule has 0 aliphatic carbocycles. The Hall–Kier alpha value is -3.72. The van der Waals surface area contributed by atoms with E-state index in [0.717, 1.165) is 44.4 Å². The van der Waals surface area contributed by atoms with E-state index in [2.05, 4.69) is 9.88 Å². The van der Waals surface area contributed by atoms with Crippen molar-refractivity contribution in [3.05, 3.63) is 98.5 Å². The third-order valence-corrected chi connectivity index (χ3v) is 8.02. The van der Waals surface area contributed by atoms with Gasteiger partial charge in [-0.2, -0.15) is 0 Å². The molecule has 10 heteroatoms. The van der Waals surface area contributed by atoms with E-state index < -0.39 is 23.6 Å². The van der Waals surface area contributed by atoms with E-state index in [1.165, 1.54) is 13.2 Å². The molecule has 0 spiro atoms. The number of halogens is 2. The summed E-state index contributed by atoms with van der Waals surface area (Å²) in [6, 6.07) is 20.3. The molecule has 1 fully saturated rings. The number of carbonyl (C=O) groups is 3. The average molecular weight is 580 g/mol. The smallest absolute Gasteiger partial charge is 0.294 e. The molecule has 1 N–H and O–H groups in total. The van der Waals surface area contributed by atoms with Crippen LogP contribution in [-0.2, 0) is 16.1 Å². The number of benzene rings is 3. The highest BCUT2D eigenvalue weighted by Crippen LogP contribution is 2.36. The highest BCUT2D eigenvalue weighted by molar-refractivity contribution is 8.18. The zero-order valence-electron chi connectivity index (χ0n) is 21.0. The molecule has 0 radical (unpaired) electrons. The van der Waals surface area contributed by atoms with Crippen LogP contribution in [-0.4, -0.2) is 40.2 Å². The van der Waals surface area contributed by atoms with Gasteiger partial charge in [0.15, 0.2) is 0 Å². The molecule has 4 aromatic rings. The number of hydrogen-bond donors (Lipinski definition) is 1. The van der Waals surface area contributed by atoms with Crippen molar-refractivity contribution >= 4 is 74.7 Å². The van der Waals surface area contributed by atoms with Gasteiger partial charge in [-0.25, -0.2) is 0 Å². The fraction of sp³-hybridized carbons (Fsp3) is 0.138. The summed E-state index contributed by atoms with van der Waals surface area (Å²) in [6.45, 7) is 2.11. The minimum absolute atomic E-state index is 0.254. The van der Waals surface area contributed by atoms with Gasteiger partial charge >= 0.3 is 0 Å². The molecule has 198 valence electrons. The fourth-order valence-electron chi connectivity index (χ4n) is 4.50. The second kappa shape index (κ2) is 11.2. The Kier molecular flexibility index (Phi) is 7.70. The topological polar surface area (TPSA) is 80.6 Å². The first-order chi connectivity index (χ1) is 18.8. The highest BCUT2D eigenvalue weighted by Gasteiger charge is 2.36. The van der Waals surface area contributed by atoms with E-state index in [0.29, 0.717) is 28.0 Å². The van der Waals surface area contributed by atoms with Crippen LogP contribution in [0.5, 0.6) is 5.75 Å². The van der Waals surface area contributed by atoms with Gasteiger partial charge in [-0.05, 0) is 60.7 Å². The molecule has 1 aliphatic rings. The largest absolute Gasteiger partial charge is 0.495 e. The number of rotatable bonds is 7. The van der Waals surface area contributed by atoms with Crippen LogP contribution in [0.3, 0.4) is 0 Å². The molecule has 3 aromatic carbocycles. The van der Waals surface area contributed by atoms with Crippen molar-refractivity contribution < 1.29 is 19.1 Å². The second-order valence-corrected chi connectivity index (χ2v) is 10.7. The van der Waals surface area contributed by atoms with Crippen molar-refractivity contribution in [2.75, 3.05) is 19.0 Å². The van der Waals surface area contributed by atoms with Crippen molar-refractivity contribution in [1.82, 2.24) is 9.47 Å². The molecule has 0 unspecified atom stereocenters.